The molecule has 4 rings (SSSR count). The van der Waals surface area contributed by atoms with Gasteiger partial charge in [0.05, 0.1) is 11.3 Å². The Hall–Kier alpha value is -4.25. The van der Waals surface area contributed by atoms with Crippen molar-refractivity contribution in [3.05, 3.63) is 78.0 Å². The number of nitriles is 1. The fraction of sp³-hybridized carbons (Fsp3) is 0.0909. The van der Waals surface area contributed by atoms with Crippen LogP contribution in [-0.4, -0.2) is 33.7 Å². The summed E-state index contributed by atoms with van der Waals surface area (Å²) < 4.78 is 13.9. The van der Waals surface area contributed by atoms with Crippen LogP contribution in [0.1, 0.15) is 15.9 Å². The molecule has 0 atom stereocenters. The molecule has 0 unspecified atom stereocenters. The van der Waals surface area contributed by atoms with Crippen LogP contribution >= 0.6 is 0 Å². The minimum atomic E-state index is -0.608. The van der Waals surface area contributed by atoms with Gasteiger partial charge in [-0.1, -0.05) is 24.3 Å². The second-order valence-corrected chi connectivity index (χ2v) is 6.46. The van der Waals surface area contributed by atoms with Gasteiger partial charge in [0, 0.05) is 23.9 Å². The fourth-order valence-corrected chi connectivity index (χ4v) is 3.02. The van der Waals surface area contributed by atoms with E-state index in [9.17, 15) is 14.4 Å². The molecule has 0 spiro atoms. The maximum absolute atomic E-state index is 12.3. The Morgan fingerprint density at radius 1 is 1.10 bits per heavy atom. The number of nitrogens with one attached hydrogen (secondary N) is 2. The highest BCUT2D eigenvalue weighted by Crippen LogP contribution is 2.23. The van der Waals surface area contributed by atoms with E-state index in [0.29, 0.717) is 28.4 Å². The fourth-order valence-electron chi connectivity index (χ4n) is 3.02. The summed E-state index contributed by atoms with van der Waals surface area (Å²) in [6, 6.07) is 20.0. The molecule has 0 aliphatic carbocycles. The molecule has 2 aromatic heterocycles. The third-order valence-corrected chi connectivity index (χ3v) is 4.46. The van der Waals surface area contributed by atoms with Gasteiger partial charge in [-0.2, -0.15) is 10.2 Å². The van der Waals surface area contributed by atoms with Crippen LogP contribution in [0.2, 0.25) is 0 Å². The molecular formula is C22H17FN6O. The summed E-state index contributed by atoms with van der Waals surface area (Å²) in [6.07, 6.45) is 1.81. The molecule has 8 heteroatoms. The van der Waals surface area contributed by atoms with E-state index in [1.807, 2.05) is 30.5 Å². The third kappa shape index (κ3) is 3.95. The number of alkyl halides is 1. The topological polar surface area (TPSA) is 95.1 Å². The first-order valence-corrected chi connectivity index (χ1v) is 9.25. The minimum absolute atomic E-state index is 0.0152. The molecule has 0 bridgehead atoms. The highest BCUT2D eigenvalue weighted by Gasteiger charge is 2.10. The molecule has 0 saturated carbocycles. The van der Waals surface area contributed by atoms with Gasteiger partial charge < -0.3 is 10.6 Å². The van der Waals surface area contributed by atoms with Crippen molar-refractivity contribution in [1.29, 1.82) is 5.26 Å². The van der Waals surface area contributed by atoms with Crippen LogP contribution < -0.4 is 10.6 Å². The van der Waals surface area contributed by atoms with E-state index >= 15 is 0 Å². The van der Waals surface area contributed by atoms with Crippen molar-refractivity contribution < 1.29 is 9.18 Å². The standard InChI is InChI=1S/C22H17FN6O/c23-10-11-25-21(30)16-6-3-5-15(12-16)18-8-9-20-27-22(28-29(20)14-18)26-19-7-2-1-4-17(19)13-24/h1-9,12,14H,10-11H2,(H,25,30)(H,26,28). The number of carbonyl (C=O) groups is 1. The highest BCUT2D eigenvalue weighted by molar-refractivity contribution is 5.95. The average Bonchev–Trinajstić information content (AvgIpc) is 3.19. The first-order valence-electron chi connectivity index (χ1n) is 9.25. The number of fused-ring (bicyclic) bond motifs is 1. The van der Waals surface area contributed by atoms with Crippen molar-refractivity contribution >= 4 is 23.2 Å². The number of para-hydroxylation sites is 1. The molecule has 0 saturated heterocycles. The quantitative estimate of drug-likeness (QED) is 0.514. The molecule has 148 valence electrons. The first-order chi connectivity index (χ1) is 14.7. The Morgan fingerprint density at radius 3 is 2.80 bits per heavy atom. The average molecular weight is 400 g/mol. The van der Waals surface area contributed by atoms with Crippen molar-refractivity contribution in [2.24, 2.45) is 0 Å². The second-order valence-electron chi connectivity index (χ2n) is 6.46. The molecule has 0 fully saturated rings. The lowest BCUT2D eigenvalue weighted by Gasteiger charge is -2.06. The lowest BCUT2D eigenvalue weighted by Crippen LogP contribution is -2.25. The van der Waals surface area contributed by atoms with Gasteiger partial charge in [0.1, 0.15) is 12.7 Å². The number of anilines is 2. The predicted molar refractivity (Wildman–Crippen MR) is 111 cm³/mol. The summed E-state index contributed by atoms with van der Waals surface area (Å²) in [5.41, 5.74) is 3.88. The van der Waals surface area contributed by atoms with Crippen LogP contribution in [0.5, 0.6) is 0 Å². The van der Waals surface area contributed by atoms with E-state index in [0.717, 1.165) is 11.1 Å². The lowest BCUT2D eigenvalue weighted by atomic mass is 10.0. The first kappa shape index (κ1) is 19.1. The van der Waals surface area contributed by atoms with Gasteiger partial charge in [0.15, 0.2) is 5.65 Å². The van der Waals surface area contributed by atoms with Crippen LogP contribution in [0.25, 0.3) is 16.8 Å². The summed E-state index contributed by atoms with van der Waals surface area (Å²) in [5.74, 6) is 0.0492. The van der Waals surface area contributed by atoms with E-state index in [2.05, 4.69) is 26.8 Å². The number of hydrogen-bond acceptors (Lipinski definition) is 5. The van der Waals surface area contributed by atoms with E-state index < -0.39 is 6.67 Å². The summed E-state index contributed by atoms with van der Waals surface area (Å²) in [7, 11) is 0. The monoisotopic (exact) mass is 400 g/mol. The highest BCUT2D eigenvalue weighted by atomic mass is 19.1. The smallest absolute Gasteiger partial charge is 0.251 e. The number of rotatable bonds is 6. The number of benzene rings is 2. The normalized spacial score (nSPS) is 10.5. The summed E-state index contributed by atoms with van der Waals surface area (Å²) >= 11 is 0. The van der Waals surface area contributed by atoms with Crippen molar-refractivity contribution in [3.63, 3.8) is 0 Å². The zero-order chi connectivity index (χ0) is 20.9. The number of aromatic nitrogens is 3. The van der Waals surface area contributed by atoms with Gasteiger partial charge in [-0.3, -0.25) is 4.79 Å². The zero-order valence-corrected chi connectivity index (χ0v) is 15.8. The lowest BCUT2D eigenvalue weighted by molar-refractivity contribution is 0.0951. The van der Waals surface area contributed by atoms with Gasteiger partial charge in [-0.25, -0.2) is 8.91 Å². The largest absolute Gasteiger partial charge is 0.349 e. The Bertz CT molecular complexity index is 1260. The number of nitrogens with zero attached hydrogens (tertiary/aromatic N) is 4. The molecule has 0 radical (unpaired) electrons. The van der Waals surface area contributed by atoms with Gasteiger partial charge in [-0.05, 0) is 42.0 Å². The second kappa shape index (κ2) is 8.41. The maximum Gasteiger partial charge on any atom is 0.251 e. The number of halogens is 1. The van der Waals surface area contributed by atoms with Gasteiger partial charge in [-0.15, -0.1) is 5.10 Å². The Labute approximate surface area is 171 Å². The maximum atomic E-state index is 12.3. The summed E-state index contributed by atoms with van der Waals surface area (Å²) in [6.45, 7) is -0.623. The van der Waals surface area contributed by atoms with Crippen molar-refractivity contribution in [3.8, 4) is 17.2 Å². The SMILES string of the molecule is N#Cc1ccccc1Nc1nc2ccc(-c3cccc(C(=O)NCCF)c3)cn2n1. The number of carbonyl (C=O) groups excluding carboxylic acids is 1. The van der Waals surface area contributed by atoms with Gasteiger partial charge >= 0.3 is 0 Å². The zero-order valence-electron chi connectivity index (χ0n) is 15.8. The predicted octanol–water partition coefficient (Wildman–Crippen LogP) is 3.71. The Kier molecular flexibility index (Phi) is 5.35. The van der Waals surface area contributed by atoms with E-state index in [1.54, 1.807) is 40.9 Å². The van der Waals surface area contributed by atoms with E-state index in [4.69, 9.17) is 0 Å². The van der Waals surface area contributed by atoms with E-state index in [1.165, 1.54) is 0 Å². The molecule has 1 amide bonds. The molecule has 0 aliphatic heterocycles. The molecule has 30 heavy (non-hydrogen) atoms. The van der Waals surface area contributed by atoms with Crippen molar-refractivity contribution in [1.82, 2.24) is 19.9 Å². The van der Waals surface area contributed by atoms with Gasteiger partial charge in [0.2, 0.25) is 5.95 Å². The van der Waals surface area contributed by atoms with Crippen LogP contribution in [0.3, 0.4) is 0 Å². The van der Waals surface area contributed by atoms with Crippen LogP contribution in [0.4, 0.5) is 16.0 Å². The van der Waals surface area contributed by atoms with Crippen LogP contribution in [-0.2, 0) is 0 Å². The summed E-state index contributed by atoms with van der Waals surface area (Å²) in [4.78, 5) is 16.5. The molecule has 0 aliphatic rings. The molecule has 2 N–H and O–H groups in total. The van der Waals surface area contributed by atoms with E-state index in [-0.39, 0.29) is 12.5 Å². The Morgan fingerprint density at radius 2 is 1.97 bits per heavy atom. The third-order valence-electron chi connectivity index (χ3n) is 4.46. The van der Waals surface area contributed by atoms with Crippen LogP contribution in [0.15, 0.2) is 66.9 Å². The number of pyridine rings is 1. The molecule has 7 nitrogen and oxygen atoms in total. The number of hydrogen-bond donors (Lipinski definition) is 2. The summed E-state index contributed by atoms with van der Waals surface area (Å²) in [5, 5.41) is 19.2. The molecule has 2 heterocycles. The molecule has 4 aromatic rings. The molecular weight excluding hydrogens is 383 g/mol. The Balaban J connectivity index is 1.62. The van der Waals surface area contributed by atoms with Crippen molar-refractivity contribution in [2.45, 2.75) is 0 Å². The minimum Gasteiger partial charge on any atom is -0.349 e. The van der Waals surface area contributed by atoms with Gasteiger partial charge in [0.25, 0.3) is 5.91 Å². The van der Waals surface area contributed by atoms with Crippen LogP contribution in [0, 0.1) is 11.3 Å². The van der Waals surface area contributed by atoms with Crippen molar-refractivity contribution in [2.75, 3.05) is 18.5 Å². The molecule has 2 aromatic carbocycles. The number of amides is 1.